The summed E-state index contributed by atoms with van der Waals surface area (Å²) in [4.78, 5) is 10.8. The van der Waals surface area contributed by atoms with Crippen LogP contribution in [0.3, 0.4) is 0 Å². The van der Waals surface area contributed by atoms with E-state index in [4.69, 9.17) is 9.84 Å². The molecule has 0 heterocycles. The number of nitrogens with one attached hydrogen (secondary N) is 2. The summed E-state index contributed by atoms with van der Waals surface area (Å²) in [6.07, 6.45) is -3.29. The van der Waals surface area contributed by atoms with Gasteiger partial charge in [-0.05, 0) is 24.6 Å². The quantitative estimate of drug-likeness (QED) is 0.276. The zero-order valence-electron chi connectivity index (χ0n) is 15.3. The molecule has 0 aliphatic rings. The number of carbonyl (C=O) groups is 1. The number of carboxylic acids is 1. The Bertz CT molecular complexity index is 839. The fourth-order valence-corrected chi connectivity index (χ4v) is 2.44. The van der Waals surface area contributed by atoms with Crippen LogP contribution in [-0.4, -0.2) is 35.8 Å². The first-order chi connectivity index (χ1) is 13.2. The van der Waals surface area contributed by atoms with Gasteiger partial charge in [0, 0.05) is 6.07 Å². The van der Waals surface area contributed by atoms with Crippen LogP contribution in [0.2, 0.25) is 0 Å². The van der Waals surface area contributed by atoms with Gasteiger partial charge in [-0.3, -0.25) is 5.32 Å². The third-order valence-electron chi connectivity index (χ3n) is 3.84. The molecule has 1 atom stereocenters. The lowest BCUT2D eigenvalue weighted by molar-refractivity contribution is -0.512. The van der Waals surface area contributed by atoms with E-state index in [1.807, 2.05) is 37.3 Å². The second-order valence-electron chi connectivity index (χ2n) is 5.95. The molecule has 28 heavy (non-hydrogen) atoms. The number of methoxy groups -OCH3 is 1. The molecule has 0 unspecified atom stereocenters. The third kappa shape index (κ3) is 5.90. The van der Waals surface area contributed by atoms with E-state index in [2.05, 4.69) is 10.7 Å². The molecule has 0 amide bonds. The van der Waals surface area contributed by atoms with E-state index in [9.17, 15) is 18.0 Å². The second kappa shape index (κ2) is 9.12. The number of carboxylic acid groups (broad SMARTS) is 1. The van der Waals surface area contributed by atoms with Gasteiger partial charge >= 0.3 is 12.1 Å². The molecule has 6 nitrogen and oxygen atoms in total. The van der Waals surface area contributed by atoms with Crippen LogP contribution < -0.4 is 15.5 Å². The van der Waals surface area contributed by atoms with Crippen LogP contribution in [0.1, 0.15) is 24.1 Å². The average molecular weight is 396 g/mol. The fraction of sp³-hybridized carbons (Fsp3) is 0.263. The number of ether oxygens (including phenoxy) is 1. The minimum atomic E-state index is -4.56. The van der Waals surface area contributed by atoms with Gasteiger partial charge in [-0.25, -0.2) is 10.2 Å². The molecule has 2 aromatic rings. The van der Waals surface area contributed by atoms with E-state index in [1.54, 1.807) is 0 Å². The summed E-state index contributed by atoms with van der Waals surface area (Å²) in [5.41, 5.74) is 3.20. The molecule has 0 saturated heterocycles. The number of alkyl halides is 3. The predicted molar refractivity (Wildman–Crippen MR) is 97.6 cm³/mol. The molecule has 2 rings (SSSR count). The molecule has 0 aliphatic heterocycles. The summed E-state index contributed by atoms with van der Waals surface area (Å²) in [5.74, 6) is -1.08. The number of hydrazine groups is 1. The molecule has 0 spiro atoms. The molecule has 0 radical (unpaired) electrons. The highest BCUT2D eigenvalue weighted by molar-refractivity contribution is 5.72. The summed E-state index contributed by atoms with van der Waals surface area (Å²) >= 11 is 0. The zero-order valence-corrected chi connectivity index (χ0v) is 15.3. The van der Waals surface area contributed by atoms with E-state index in [-0.39, 0.29) is 17.5 Å². The zero-order chi connectivity index (χ0) is 20.7. The summed E-state index contributed by atoms with van der Waals surface area (Å²) < 4.78 is 46.0. The maximum Gasteiger partial charge on any atom is 0.416 e. The highest BCUT2D eigenvalue weighted by Crippen LogP contribution is 2.34. The fourth-order valence-electron chi connectivity index (χ4n) is 2.44. The van der Waals surface area contributed by atoms with Gasteiger partial charge in [0.05, 0.1) is 18.7 Å². The van der Waals surface area contributed by atoms with Crippen LogP contribution in [0.25, 0.3) is 0 Å². The van der Waals surface area contributed by atoms with Crippen LogP contribution in [0.15, 0.2) is 48.5 Å². The molecule has 0 aromatic heterocycles. The monoisotopic (exact) mass is 396 g/mol. The van der Waals surface area contributed by atoms with Gasteiger partial charge in [0.2, 0.25) is 0 Å². The molecular weight excluding hydrogens is 375 g/mol. The van der Waals surface area contributed by atoms with E-state index in [1.165, 1.54) is 24.2 Å². The molecule has 0 saturated carbocycles. The van der Waals surface area contributed by atoms with Gasteiger partial charge in [-0.1, -0.05) is 30.3 Å². The van der Waals surface area contributed by atoms with E-state index in [0.29, 0.717) is 0 Å². The van der Waals surface area contributed by atoms with E-state index in [0.717, 1.165) is 17.7 Å². The summed E-state index contributed by atoms with van der Waals surface area (Å²) in [5, 5.41) is 11.4. The summed E-state index contributed by atoms with van der Waals surface area (Å²) in [7, 11) is 1.27. The molecule has 150 valence electrons. The van der Waals surface area contributed by atoms with Gasteiger partial charge in [-0.2, -0.15) is 13.2 Å². The molecule has 9 heteroatoms. The molecule has 3 N–H and O–H groups in total. The lowest BCUT2D eigenvalue weighted by Gasteiger charge is -2.18. The second-order valence-corrected chi connectivity index (χ2v) is 5.95. The highest BCUT2D eigenvalue weighted by atomic mass is 19.4. The number of hydrogen-bond donors (Lipinski definition) is 3. The number of halogens is 3. The van der Waals surface area contributed by atoms with Crippen molar-refractivity contribution in [3.63, 3.8) is 0 Å². The van der Waals surface area contributed by atoms with Gasteiger partial charge in [-0.15, -0.1) is 4.68 Å². The van der Waals surface area contributed by atoms with E-state index < -0.39 is 24.3 Å². The van der Waals surface area contributed by atoms with Crippen LogP contribution in [0.5, 0.6) is 5.75 Å². The van der Waals surface area contributed by atoms with E-state index >= 15 is 0 Å². The first kappa shape index (κ1) is 21.1. The van der Waals surface area contributed by atoms with Gasteiger partial charge in [0.15, 0.2) is 12.2 Å². The molecule has 0 fully saturated rings. The minimum Gasteiger partial charge on any atom is -0.497 e. The molecule has 0 aliphatic carbocycles. The Morgan fingerprint density at radius 3 is 2.50 bits per heavy atom. The Morgan fingerprint density at radius 1 is 1.25 bits per heavy atom. The Morgan fingerprint density at radius 2 is 1.93 bits per heavy atom. The standard InChI is InChI=1S/C19H20F3N3O3/c1-13(14-6-4-3-5-7-14)24-25(12-23-11-18(26)27)16-8-15(19(20,21)22)9-17(10-16)28-2/h3-10,12-13,24H,11H2,1-2H3,(H,26,27)/p+1/t13-/m0/s1. The number of hydrazone groups is 1. The van der Waals surface area contributed by atoms with Crippen LogP contribution in [0, 0.1) is 0 Å². The van der Waals surface area contributed by atoms with Crippen molar-refractivity contribution in [2.75, 3.05) is 13.7 Å². The van der Waals surface area contributed by atoms with Crippen LogP contribution >= 0.6 is 0 Å². The minimum absolute atomic E-state index is 0.0237. The van der Waals surface area contributed by atoms with Gasteiger partial charge in [0.1, 0.15) is 5.75 Å². The van der Waals surface area contributed by atoms with Crippen molar-refractivity contribution in [1.82, 2.24) is 10.7 Å². The Labute approximate surface area is 160 Å². The number of benzene rings is 2. The Balaban J connectivity index is 2.42. The number of hydrogen-bond acceptors (Lipinski definition) is 3. The van der Waals surface area contributed by atoms with Crippen molar-refractivity contribution in [2.24, 2.45) is 0 Å². The van der Waals surface area contributed by atoms with Crippen molar-refractivity contribution in [3.8, 4) is 5.75 Å². The topological polar surface area (TPSA) is 73.6 Å². The average Bonchev–Trinajstić information content (AvgIpc) is 2.66. The Hall–Kier alpha value is -3.23. The highest BCUT2D eigenvalue weighted by Gasteiger charge is 2.32. The number of nitrogens with zero attached hydrogens (tertiary/aromatic N) is 1. The Kier molecular flexibility index (Phi) is 6.86. The molecular formula is C19H21F3N3O3+. The lowest BCUT2D eigenvalue weighted by Crippen LogP contribution is -2.34. The van der Waals surface area contributed by atoms with Gasteiger partial charge in [0.25, 0.3) is 6.34 Å². The van der Waals surface area contributed by atoms with Crippen molar-refractivity contribution in [2.45, 2.75) is 19.1 Å². The molecule has 0 bridgehead atoms. The summed E-state index contributed by atoms with van der Waals surface area (Å²) in [6, 6.07) is 12.3. The predicted octanol–water partition coefficient (Wildman–Crippen LogP) is 3.33. The number of aliphatic carboxylic acids is 1. The van der Waals surface area contributed by atoms with Crippen LogP contribution in [-0.2, 0) is 11.0 Å². The third-order valence-corrected chi connectivity index (χ3v) is 3.84. The normalized spacial score (nSPS) is 13.0. The SMILES string of the molecule is COc1cc([N+](=CNCC(=O)O)N[C@@H](C)c2ccccc2)cc(C(F)(F)F)c1. The van der Waals surface area contributed by atoms with Gasteiger partial charge < -0.3 is 9.84 Å². The number of rotatable bonds is 8. The smallest absolute Gasteiger partial charge is 0.416 e. The summed E-state index contributed by atoms with van der Waals surface area (Å²) in [6.45, 7) is 1.44. The first-order valence-electron chi connectivity index (χ1n) is 8.36. The maximum absolute atomic E-state index is 13.2. The van der Waals surface area contributed by atoms with Crippen molar-refractivity contribution in [3.05, 3.63) is 59.7 Å². The van der Waals surface area contributed by atoms with Crippen molar-refractivity contribution >= 4 is 18.0 Å². The van der Waals surface area contributed by atoms with Crippen molar-refractivity contribution in [1.29, 1.82) is 0 Å². The van der Waals surface area contributed by atoms with Crippen LogP contribution in [0.4, 0.5) is 18.9 Å². The molecule has 2 aromatic carbocycles. The first-order valence-corrected chi connectivity index (χ1v) is 8.36. The van der Waals surface area contributed by atoms with Crippen molar-refractivity contribution < 1.29 is 32.5 Å². The largest absolute Gasteiger partial charge is 0.497 e. The lowest BCUT2D eigenvalue weighted by atomic mass is 10.1. The maximum atomic E-state index is 13.2.